The molecule has 0 aliphatic rings. The van der Waals surface area contributed by atoms with Crippen molar-refractivity contribution >= 4 is 24.0 Å². The van der Waals surface area contributed by atoms with Gasteiger partial charge >= 0.3 is 0 Å². The third-order valence-electron chi connectivity index (χ3n) is 2.32. The predicted molar refractivity (Wildman–Crippen MR) is 71.6 cm³/mol. The molecule has 1 aromatic carbocycles. The summed E-state index contributed by atoms with van der Waals surface area (Å²) in [5, 5.41) is 0.699. The summed E-state index contributed by atoms with van der Waals surface area (Å²) in [6, 6.07) is 5.54. The third-order valence-corrected chi connectivity index (χ3v) is 2.55. The lowest BCUT2D eigenvalue weighted by Crippen LogP contribution is -2.14. The van der Waals surface area contributed by atoms with Crippen LogP contribution in [0.4, 0.5) is 0 Å². The Morgan fingerprint density at radius 2 is 2.00 bits per heavy atom. The van der Waals surface area contributed by atoms with Crippen molar-refractivity contribution in [3.8, 4) is 5.75 Å². The van der Waals surface area contributed by atoms with Crippen molar-refractivity contribution in [3.63, 3.8) is 0 Å². The molecule has 16 heavy (non-hydrogen) atoms. The average Bonchev–Trinajstić information content (AvgIpc) is 2.16. The lowest BCUT2D eigenvalue weighted by Gasteiger charge is -2.17. The molecule has 0 amide bonds. The van der Waals surface area contributed by atoms with Gasteiger partial charge in [0.15, 0.2) is 0 Å². The molecule has 2 nitrogen and oxygen atoms in total. The normalized spacial score (nSPS) is 12.1. The summed E-state index contributed by atoms with van der Waals surface area (Å²) in [4.78, 5) is 0. The van der Waals surface area contributed by atoms with Crippen LogP contribution in [0.1, 0.15) is 31.9 Å². The van der Waals surface area contributed by atoms with Crippen LogP contribution in [-0.4, -0.2) is 7.11 Å². The largest absolute Gasteiger partial charge is 0.496 e. The number of rotatable bonds is 4. The Hall–Kier alpha value is -0.440. The van der Waals surface area contributed by atoms with Crippen LogP contribution in [0.15, 0.2) is 18.2 Å². The summed E-state index contributed by atoms with van der Waals surface area (Å²) in [6.45, 7) is 4.30. The molecule has 0 aliphatic heterocycles. The molecule has 92 valence electrons. The average molecular weight is 264 g/mol. The molecule has 0 radical (unpaired) electrons. The molecule has 0 aromatic heterocycles. The van der Waals surface area contributed by atoms with Gasteiger partial charge in [-0.25, -0.2) is 0 Å². The molecule has 0 unspecified atom stereocenters. The molecule has 0 spiro atoms. The first kappa shape index (κ1) is 15.6. The minimum absolute atomic E-state index is 0. The number of nitrogens with two attached hydrogens (primary N) is 1. The number of hydrogen-bond acceptors (Lipinski definition) is 2. The van der Waals surface area contributed by atoms with Gasteiger partial charge in [0.05, 0.1) is 7.11 Å². The Labute approximate surface area is 109 Å². The first-order valence-electron chi connectivity index (χ1n) is 5.13. The van der Waals surface area contributed by atoms with Crippen LogP contribution >= 0.6 is 24.0 Å². The maximum atomic E-state index is 6.10. The fourth-order valence-corrected chi connectivity index (χ4v) is 1.81. The second kappa shape index (κ2) is 7.00. The lowest BCUT2D eigenvalue weighted by molar-refractivity contribution is 0.399. The quantitative estimate of drug-likeness (QED) is 0.897. The molecule has 0 bridgehead atoms. The van der Waals surface area contributed by atoms with E-state index in [0.717, 1.165) is 17.7 Å². The van der Waals surface area contributed by atoms with E-state index in [4.69, 9.17) is 22.1 Å². The summed E-state index contributed by atoms with van der Waals surface area (Å²) in [5.41, 5.74) is 7.09. The molecule has 0 fully saturated rings. The monoisotopic (exact) mass is 263 g/mol. The summed E-state index contributed by atoms with van der Waals surface area (Å²) < 4.78 is 5.26. The van der Waals surface area contributed by atoms with Gasteiger partial charge in [-0.2, -0.15) is 0 Å². The Bertz CT molecular complexity index is 329. The van der Waals surface area contributed by atoms with E-state index in [1.807, 2.05) is 18.2 Å². The van der Waals surface area contributed by atoms with Crippen LogP contribution in [0.5, 0.6) is 5.75 Å². The second-order valence-corrected chi connectivity index (χ2v) is 4.56. The number of ether oxygens (including phenoxy) is 1. The van der Waals surface area contributed by atoms with Gasteiger partial charge in [0.1, 0.15) is 5.75 Å². The Morgan fingerprint density at radius 1 is 1.38 bits per heavy atom. The van der Waals surface area contributed by atoms with Crippen LogP contribution in [0.2, 0.25) is 5.02 Å². The van der Waals surface area contributed by atoms with E-state index in [1.54, 1.807) is 7.11 Å². The molecular weight excluding hydrogens is 245 g/mol. The van der Waals surface area contributed by atoms with Gasteiger partial charge in [-0.1, -0.05) is 25.4 Å². The predicted octanol–water partition coefficient (Wildman–Crippen LogP) is 3.82. The van der Waals surface area contributed by atoms with Gasteiger partial charge < -0.3 is 10.5 Å². The zero-order chi connectivity index (χ0) is 11.4. The van der Waals surface area contributed by atoms with Crippen molar-refractivity contribution in [2.45, 2.75) is 26.3 Å². The second-order valence-electron chi connectivity index (χ2n) is 4.12. The van der Waals surface area contributed by atoms with E-state index >= 15 is 0 Å². The van der Waals surface area contributed by atoms with Crippen molar-refractivity contribution in [2.75, 3.05) is 7.11 Å². The van der Waals surface area contributed by atoms with Gasteiger partial charge in [0.2, 0.25) is 0 Å². The van der Waals surface area contributed by atoms with Crippen molar-refractivity contribution in [1.82, 2.24) is 0 Å². The summed E-state index contributed by atoms with van der Waals surface area (Å²) in [5.74, 6) is 1.37. The van der Waals surface area contributed by atoms with Gasteiger partial charge in [-0.3, -0.25) is 0 Å². The first-order valence-corrected chi connectivity index (χ1v) is 5.51. The Morgan fingerprint density at radius 3 is 2.50 bits per heavy atom. The maximum absolute atomic E-state index is 6.10. The highest BCUT2D eigenvalue weighted by molar-refractivity contribution is 6.30. The highest BCUT2D eigenvalue weighted by Gasteiger charge is 2.13. The highest BCUT2D eigenvalue weighted by atomic mass is 35.5. The van der Waals surface area contributed by atoms with Crippen molar-refractivity contribution in [1.29, 1.82) is 0 Å². The lowest BCUT2D eigenvalue weighted by atomic mass is 9.97. The number of benzene rings is 1. The van der Waals surface area contributed by atoms with Crippen molar-refractivity contribution in [3.05, 3.63) is 28.8 Å². The van der Waals surface area contributed by atoms with Gasteiger partial charge in [-0.05, 0) is 30.5 Å². The third kappa shape index (κ3) is 4.20. The Balaban J connectivity index is 0.00000225. The highest BCUT2D eigenvalue weighted by Crippen LogP contribution is 2.30. The van der Waals surface area contributed by atoms with Gasteiger partial charge in [-0.15, -0.1) is 12.4 Å². The summed E-state index contributed by atoms with van der Waals surface area (Å²) in [6.07, 6.45) is 0.927. The SMILES string of the molecule is COc1ccc(Cl)cc1[C@@H](N)CC(C)C.Cl. The molecule has 0 heterocycles. The topological polar surface area (TPSA) is 35.2 Å². The van der Waals surface area contributed by atoms with E-state index in [9.17, 15) is 0 Å². The standard InChI is InChI=1S/C12H18ClNO.ClH/c1-8(2)6-11(14)10-7-9(13)4-5-12(10)15-3;/h4-5,7-8,11H,6,14H2,1-3H3;1H/t11-;/m0./s1. The smallest absolute Gasteiger partial charge is 0.123 e. The van der Waals surface area contributed by atoms with E-state index in [-0.39, 0.29) is 18.4 Å². The fraction of sp³-hybridized carbons (Fsp3) is 0.500. The molecule has 0 saturated heterocycles. The van der Waals surface area contributed by atoms with E-state index in [0.29, 0.717) is 10.9 Å². The van der Waals surface area contributed by atoms with Crippen LogP contribution in [0.25, 0.3) is 0 Å². The van der Waals surface area contributed by atoms with Crippen LogP contribution in [0, 0.1) is 5.92 Å². The number of halogens is 2. The van der Waals surface area contributed by atoms with E-state index in [1.165, 1.54) is 0 Å². The van der Waals surface area contributed by atoms with E-state index < -0.39 is 0 Å². The Kier molecular flexibility index (Phi) is 6.81. The van der Waals surface area contributed by atoms with Crippen LogP contribution < -0.4 is 10.5 Å². The fourth-order valence-electron chi connectivity index (χ4n) is 1.63. The molecule has 1 aromatic rings. The molecule has 1 rings (SSSR count). The van der Waals surface area contributed by atoms with Gasteiger partial charge in [0.25, 0.3) is 0 Å². The van der Waals surface area contributed by atoms with Crippen LogP contribution in [0.3, 0.4) is 0 Å². The molecule has 2 N–H and O–H groups in total. The van der Waals surface area contributed by atoms with Crippen molar-refractivity contribution < 1.29 is 4.74 Å². The maximum Gasteiger partial charge on any atom is 0.123 e. The molecular formula is C12H19Cl2NO. The summed E-state index contributed by atoms with van der Waals surface area (Å²) >= 11 is 5.94. The molecule has 1 atom stereocenters. The minimum Gasteiger partial charge on any atom is -0.496 e. The minimum atomic E-state index is -0.0151. The summed E-state index contributed by atoms with van der Waals surface area (Å²) in [7, 11) is 1.65. The molecule has 0 saturated carbocycles. The number of methoxy groups -OCH3 is 1. The molecule has 0 aliphatic carbocycles. The molecule has 4 heteroatoms. The number of hydrogen-bond donors (Lipinski definition) is 1. The van der Waals surface area contributed by atoms with E-state index in [2.05, 4.69) is 13.8 Å². The first-order chi connectivity index (χ1) is 7.04. The van der Waals surface area contributed by atoms with Crippen molar-refractivity contribution in [2.24, 2.45) is 11.7 Å². The zero-order valence-corrected chi connectivity index (χ0v) is 11.4. The van der Waals surface area contributed by atoms with Crippen LogP contribution in [-0.2, 0) is 0 Å². The zero-order valence-electron chi connectivity index (χ0n) is 9.87. The van der Waals surface area contributed by atoms with Gasteiger partial charge in [0, 0.05) is 16.6 Å².